The molecule has 0 atom stereocenters. The van der Waals surface area contributed by atoms with Crippen molar-refractivity contribution in [1.82, 2.24) is 10.3 Å². The Morgan fingerprint density at radius 3 is 2.83 bits per heavy atom. The monoisotopic (exact) mass is 344 g/mol. The van der Waals surface area contributed by atoms with E-state index in [-0.39, 0.29) is 6.61 Å². The molecule has 0 radical (unpaired) electrons. The van der Waals surface area contributed by atoms with Crippen LogP contribution in [0.5, 0.6) is 5.88 Å². The van der Waals surface area contributed by atoms with Crippen LogP contribution in [0.2, 0.25) is 5.02 Å². The van der Waals surface area contributed by atoms with Crippen molar-refractivity contribution in [2.45, 2.75) is 13.0 Å². The number of pyridine rings is 1. The van der Waals surface area contributed by atoms with Gasteiger partial charge in [0.2, 0.25) is 5.88 Å². The molecule has 6 heteroatoms. The summed E-state index contributed by atoms with van der Waals surface area (Å²) in [6, 6.07) is 11.2. The van der Waals surface area contributed by atoms with Gasteiger partial charge < -0.3 is 14.8 Å². The van der Waals surface area contributed by atoms with Crippen LogP contribution in [-0.2, 0) is 11.3 Å². The number of nitrogens with one attached hydrogen (secondary N) is 1. The zero-order valence-electron chi connectivity index (χ0n) is 13.2. The summed E-state index contributed by atoms with van der Waals surface area (Å²) in [5.41, 5.74) is 1.63. The number of halogens is 1. The molecule has 0 aliphatic carbocycles. The number of alkyl carbamates (subject to hydrolysis) is 1. The summed E-state index contributed by atoms with van der Waals surface area (Å²) < 4.78 is 10.1. The molecule has 1 aromatic carbocycles. The minimum absolute atomic E-state index is 0.244. The minimum atomic E-state index is -0.463. The van der Waals surface area contributed by atoms with E-state index in [1.54, 1.807) is 12.3 Å². The van der Waals surface area contributed by atoms with Crippen LogP contribution in [0.4, 0.5) is 4.79 Å². The molecule has 1 heterocycles. The highest BCUT2D eigenvalue weighted by atomic mass is 35.5. The third-order valence-corrected chi connectivity index (χ3v) is 3.24. The summed E-state index contributed by atoms with van der Waals surface area (Å²) in [6.07, 6.45) is 1.61. The van der Waals surface area contributed by atoms with Gasteiger partial charge in [-0.05, 0) is 11.6 Å². The molecule has 0 saturated heterocycles. The highest BCUT2D eigenvalue weighted by Gasteiger charge is 2.02. The van der Waals surface area contributed by atoms with E-state index in [0.717, 1.165) is 5.56 Å². The molecule has 0 aliphatic heterocycles. The molecule has 2 aromatic rings. The van der Waals surface area contributed by atoms with Crippen molar-refractivity contribution in [2.75, 3.05) is 13.7 Å². The van der Waals surface area contributed by atoms with Crippen LogP contribution in [0, 0.1) is 11.8 Å². The molecule has 0 bridgehead atoms. The number of nitrogens with zero attached hydrogens (tertiary/aromatic N) is 1. The molecule has 5 nitrogen and oxygen atoms in total. The van der Waals surface area contributed by atoms with Gasteiger partial charge in [-0.3, -0.25) is 0 Å². The van der Waals surface area contributed by atoms with Gasteiger partial charge in [-0.25, -0.2) is 9.78 Å². The van der Waals surface area contributed by atoms with Crippen LogP contribution in [0.15, 0.2) is 42.6 Å². The van der Waals surface area contributed by atoms with E-state index >= 15 is 0 Å². The van der Waals surface area contributed by atoms with E-state index in [9.17, 15) is 4.79 Å². The SMILES string of the molecule is COc1ncc(C#CCCNC(=O)OCc2ccccc2)cc1Cl. The van der Waals surface area contributed by atoms with E-state index < -0.39 is 6.09 Å². The van der Waals surface area contributed by atoms with Gasteiger partial charge in [-0.1, -0.05) is 53.8 Å². The number of ether oxygens (including phenoxy) is 2. The summed E-state index contributed by atoms with van der Waals surface area (Å²) in [5, 5.41) is 3.05. The van der Waals surface area contributed by atoms with Crippen molar-refractivity contribution >= 4 is 17.7 Å². The van der Waals surface area contributed by atoms with E-state index in [1.807, 2.05) is 30.3 Å². The summed E-state index contributed by atoms with van der Waals surface area (Å²) in [4.78, 5) is 15.6. The number of carbonyl (C=O) groups excluding carboxylic acids is 1. The number of methoxy groups -OCH3 is 1. The Morgan fingerprint density at radius 2 is 2.12 bits per heavy atom. The van der Waals surface area contributed by atoms with Crippen molar-refractivity contribution in [1.29, 1.82) is 0 Å². The molecule has 1 aromatic heterocycles. The van der Waals surface area contributed by atoms with E-state index in [4.69, 9.17) is 21.1 Å². The zero-order valence-corrected chi connectivity index (χ0v) is 14.0. The molecular formula is C18H17ClN2O3. The number of amides is 1. The highest BCUT2D eigenvalue weighted by Crippen LogP contribution is 2.21. The fourth-order valence-corrected chi connectivity index (χ4v) is 2.05. The van der Waals surface area contributed by atoms with Crippen molar-refractivity contribution in [3.63, 3.8) is 0 Å². The molecule has 0 saturated carbocycles. The number of aromatic nitrogens is 1. The summed E-state index contributed by atoms with van der Waals surface area (Å²) in [7, 11) is 1.50. The average Bonchev–Trinajstić information content (AvgIpc) is 2.61. The molecular weight excluding hydrogens is 328 g/mol. The zero-order chi connectivity index (χ0) is 17.2. The molecule has 1 N–H and O–H groups in total. The molecule has 2 rings (SSSR count). The number of rotatable bonds is 5. The molecule has 24 heavy (non-hydrogen) atoms. The lowest BCUT2D eigenvalue weighted by atomic mass is 10.2. The van der Waals surface area contributed by atoms with Crippen molar-refractivity contribution in [3.05, 3.63) is 58.7 Å². The van der Waals surface area contributed by atoms with E-state index in [0.29, 0.717) is 29.4 Å². The first kappa shape index (κ1) is 17.6. The Labute approximate surface area is 146 Å². The largest absolute Gasteiger partial charge is 0.480 e. The van der Waals surface area contributed by atoms with Crippen LogP contribution in [0.1, 0.15) is 17.5 Å². The molecule has 0 unspecified atom stereocenters. The fraction of sp³-hybridized carbons (Fsp3) is 0.222. The second-order valence-electron chi connectivity index (χ2n) is 4.76. The number of carbonyl (C=O) groups is 1. The Hall–Kier alpha value is -2.71. The van der Waals surface area contributed by atoms with Gasteiger partial charge >= 0.3 is 6.09 Å². The number of benzene rings is 1. The van der Waals surface area contributed by atoms with Crippen LogP contribution >= 0.6 is 11.6 Å². The van der Waals surface area contributed by atoms with Crippen LogP contribution < -0.4 is 10.1 Å². The lowest BCUT2D eigenvalue weighted by Gasteiger charge is -2.05. The van der Waals surface area contributed by atoms with Crippen molar-refractivity contribution < 1.29 is 14.3 Å². The van der Waals surface area contributed by atoms with E-state index in [1.165, 1.54) is 7.11 Å². The Morgan fingerprint density at radius 1 is 1.33 bits per heavy atom. The minimum Gasteiger partial charge on any atom is -0.480 e. The molecule has 0 fully saturated rings. The first-order valence-electron chi connectivity index (χ1n) is 7.32. The Balaban J connectivity index is 1.69. The summed E-state index contributed by atoms with van der Waals surface area (Å²) in [6.45, 7) is 0.645. The van der Waals surface area contributed by atoms with Gasteiger partial charge in [0.1, 0.15) is 11.6 Å². The maximum atomic E-state index is 11.5. The summed E-state index contributed by atoms with van der Waals surface area (Å²) >= 11 is 5.97. The quantitative estimate of drug-likeness (QED) is 0.667. The maximum absolute atomic E-state index is 11.5. The number of hydrogen-bond acceptors (Lipinski definition) is 4. The normalized spacial score (nSPS) is 9.58. The van der Waals surface area contributed by atoms with Gasteiger partial charge in [-0.15, -0.1) is 0 Å². The second-order valence-corrected chi connectivity index (χ2v) is 5.16. The molecule has 0 aliphatic rings. The van der Waals surface area contributed by atoms with Crippen LogP contribution in [0.25, 0.3) is 0 Å². The predicted molar refractivity (Wildman–Crippen MR) is 91.9 cm³/mol. The van der Waals surface area contributed by atoms with Gasteiger partial charge in [-0.2, -0.15) is 0 Å². The third kappa shape index (κ3) is 5.82. The van der Waals surface area contributed by atoms with Crippen LogP contribution in [0.3, 0.4) is 0 Å². The topological polar surface area (TPSA) is 60.5 Å². The lowest BCUT2D eigenvalue weighted by Crippen LogP contribution is -2.24. The standard InChI is InChI=1S/C18H17ClN2O3/c1-23-17-16(19)11-15(12-21-17)9-5-6-10-20-18(22)24-13-14-7-3-2-4-8-14/h2-4,7-8,11-12H,6,10,13H2,1H3,(H,20,22). The Bertz CT molecular complexity index is 739. The van der Waals surface area contributed by atoms with Gasteiger partial charge in [0.05, 0.1) is 7.11 Å². The molecule has 1 amide bonds. The maximum Gasteiger partial charge on any atom is 0.407 e. The van der Waals surface area contributed by atoms with Crippen molar-refractivity contribution in [3.8, 4) is 17.7 Å². The lowest BCUT2D eigenvalue weighted by molar-refractivity contribution is 0.140. The van der Waals surface area contributed by atoms with Gasteiger partial charge in [0.15, 0.2) is 0 Å². The predicted octanol–water partition coefficient (Wildman–Crippen LogP) is 3.41. The molecule has 124 valence electrons. The fourth-order valence-electron chi connectivity index (χ4n) is 1.81. The van der Waals surface area contributed by atoms with Crippen molar-refractivity contribution in [2.24, 2.45) is 0 Å². The smallest absolute Gasteiger partial charge is 0.407 e. The van der Waals surface area contributed by atoms with Gasteiger partial charge in [0.25, 0.3) is 0 Å². The average molecular weight is 345 g/mol. The second kappa shape index (κ2) is 9.43. The molecule has 0 spiro atoms. The first-order valence-corrected chi connectivity index (χ1v) is 7.70. The van der Waals surface area contributed by atoms with Gasteiger partial charge in [0, 0.05) is 24.7 Å². The first-order chi connectivity index (χ1) is 11.7. The summed E-state index contributed by atoms with van der Waals surface area (Å²) in [5.74, 6) is 6.23. The highest BCUT2D eigenvalue weighted by molar-refractivity contribution is 6.31. The van der Waals surface area contributed by atoms with E-state index in [2.05, 4.69) is 22.1 Å². The Kier molecular flexibility index (Phi) is 6.93. The van der Waals surface area contributed by atoms with Crippen LogP contribution in [-0.4, -0.2) is 24.7 Å². The number of hydrogen-bond donors (Lipinski definition) is 1. The third-order valence-electron chi connectivity index (χ3n) is 2.97.